The second-order valence-electron chi connectivity index (χ2n) is 14.1. The number of rotatable bonds is 3. The van der Waals surface area contributed by atoms with Gasteiger partial charge in [-0.05, 0) is 73.4 Å². The highest BCUT2D eigenvalue weighted by atomic mass is 16.7. The molecule has 0 radical (unpaired) electrons. The Morgan fingerprint density at radius 2 is 1.13 bits per heavy atom. The summed E-state index contributed by atoms with van der Waals surface area (Å²) in [5, 5.41) is 0. The van der Waals surface area contributed by atoms with Crippen molar-refractivity contribution < 1.29 is 14.2 Å². The van der Waals surface area contributed by atoms with E-state index in [-0.39, 0.29) is 45.0 Å². The molecular weight excluding hydrogens is 386 g/mol. The maximum absolute atomic E-state index is 7.29. The van der Waals surface area contributed by atoms with Crippen LogP contribution in [0, 0.1) is 21.7 Å². The lowest BCUT2D eigenvalue weighted by Crippen LogP contribution is -2.78. The molecular formula is C27H53NO3. The van der Waals surface area contributed by atoms with Crippen molar-refractivity contribution >= 4 is 0 Å². The summed E-state index contributed by atoms with van der Waals surface area (Å²) in [6.45, 7) is 34.1. The van der Waals surface area contributed by atoms with Crippen molar-refractivity contribution in [2.75, 3.05) is 14.1 Å². The van der Waals surface area contributed by atoms with Crippen molar-refractivity contribution in [2.45, 2.75) is 139 Å². The Hall–Kier alpha value is -0.160. The van der Waals surface area contributed by atoms with Gasteiger partial charge in [0.1, 0.15) is 6.10 Å². The maximum atomic E-state index is 7.29. The molecule has 4 unspecified atom stereocenters. The standard InChI is InChI=1S/C27H53NO3/c1-18-20(2,3)26(14,28(16)17)19(21(4,5)29-18)30-27(15)24(10,11)22(6,7)23(8,9)25(12,13)31-27/h18-19H,1-17H3. The smallest absolute Gasteiger partial charge is 0.172 e. The van der Waals surface area contributed by atoms with Crippen LogP contribution >= 0.6 is 0 Å². The molecule has 0 aromatic heterocycles. The van der Waals surface area contributed by atoms with Crippen molar-refractivity contribution in [2.24, 2.45) is 21.7 Å². The minimum absolute atomic E-state index is 0.0481. The predicted molar refractivity (Wildman–Crippen MR) is 130 cm³/mol. The van der Waals surface area contributed by atoms with Crippen LogP contribution in [0.5, 0.6) is 0 Å². The van der Waals surface area contributed by atoms with E-state index in [0.717, 1.165) is 0 Å². The van der Waals surface area contributed by atoms with Gasteiger partial charge in [-0.15, -0.1) is 0 Å². The molecule has 2 aliphatic heterocycles. The van der Waals surface area contributed by atoms with Crippen LogP contribution in [-0.2, 0) is 14.2 Å². The van der Waals surface area contributed by atoms with E-state index >= 15 is 0 Å². The van der Waals surface area contributed by atoms with E-state index in [0.29, 0.717) is 0 Å². The molecule has 0 bridgehead atoms. The Morgan fingerprint density at radius 3 is 1.55 bits per heavy atom. The average Bonchev–Trinajstić information content (AvgIpc) is 2.55. The van der Waals surface area contributed by atoms with E-state index in [2.05, 4.69) is 123 Å². The SMILES string of the molecule is CC1OC(C)(C)C(OC2(C)OC(C)(C)C(C)(C)C(C)(C)C2(C)C)C(C)(N(C)C)C1(C)C. The number of hydrogen-bond donors (Lipinski definition) is 0. The molecule has 184 valence electrons. The van der Waals surface area contributed by atoms with Gasteiger partial charge in [0.2, 0.25) is 0 Å². The molecule has 0 N–H and O–H groups in total. The molecule has 31 heavy (non-hydrogen) atoms. The summed E-state index contributed by atoms with van der Waals surface area (Å²) >= 11 is 0. The Bertz CT molecular complexity index is 703. The summed E-state index contributed by atoms with van der Waals surface area (Å²) in [6, 6.07) is 0. The predicted octanol–water partition coefficient (Wildman–Crippen LogP) is 6.52. The van der Waals surface area contributed by atoms with Crippen molar-refractivity contribution in [1.29, 1.82) is 0 Å². The van der Waals surface area contributed by atoms with Crippen LogP contribution in [-0.4, -0.2) is 53.7 Å². The molecule has 2 rings (SSSR count). The lowest BCUT2D eigenvalue weighted by atomic mass is 9.46. The van der Waals surface area contributed by atoms with Gasteiger partial charge >= 0.3 is 0 Å². The number of nitrogens with zero attached hydrogens (tertiary/aromatic N) is 1. The van der Waals surface area contributed by atoms with Crippen LogP contribution in [0.3, 0.4) is 0 Å². The van der Waals surface area contributed by atoms with Crippen molar-refractivity contribution in [3.63, 3.8) is 0 Å². The fourth-order valence-corrected chi connectivity index (χ4v) is 6.40. The zero-order chi connectivity index (χ0) is 24.9. The summed E-state index contributed by atoms with van der Waals surface area (Å²) in [6.07, 6.45) is -0.104. The van der Waals surface area contributed by atoms with E-state index in [4.69, 9.17) is 14.2 Å². The second-order valence-corrected chi connectivity index (χ2v) is 14.1. The number of likely N-dealkylation sites (N-methyl/N-ethyl adjacent to an activating group) is 1. The molecule has 2 fully saturated rings. The molecule has 0 aliphatic carbocycles. The van der Waals surface area contributed by atoms with Crippen LogP contribution in [0.1, 0.15) is 104 Å². The van der Waals surface area contributed by atoms with Gasteiger partial charge in [-0.25, -0.2) is 0 Å². The largest absolute Gasteiger partial charge is 0.369 e. The van der Waals surface area contributed by atoms with Gasteiger partial charge in [-0.1, -0.05) is 55.4 Å². The van der Waals surface area contributed by atoms with Crippen molar-refractivity contribution in [3.8, 4) is 0 Å². The Morgan fingerprint density at radius 1 is 0.677 bits per heavy atom. The van der Waals surface area contributed by atoms with Crippen LogP contribution < -0.4 is 0 Å². The van der Waals surface area contributed by atoms with E-state index in [1.165, 1.54) is 0 Å². The van der Waals surface area contributed by atoms with Gasteiger partial charge in [0.25, 0.3) is 0 Å². The number of ether oxygens (including phenoxy) is 3. The average molecular weight is 440 g/mol. The van der Waals surface area contributed by atoms with E-state index in [1.54, 1.807) is 0 Å². The van der Waals surface area contributed by atoms with Crippen molar-refractivity contribution in [1.82, 2.24) is 4.90 Å². The molecule has 0 saturated carbocycles. The van der Waals surface area contributed by atoms with Crippen molar-refractivity contribution in [3.05, 3.63) is 0 Å². The first-order valence-electron chi connectivity index (χ1n) is 12.1. The third-order valence-corrected chi connectivity index (χ3v) is 11.4. The first kappa shape index (κ1) is 27.1. The molecule has 0 spiro atoms. The first-order valence-corrected chi connectivity index (χ1v) is 12.1. The summed E-state index contributed by atoms with van der Waals surface area (Å²) in [5.74, 6) is -0.797. The van der Waals surface area contributed by atoms with E-state index in [9.17, 15) is 0 Å². The fourth-order valence-electron chi connectivity index (χ4n) is 6.40. The summed E-state index contributed by atoms with van der Waals surface area (Å²) < 4.78 is 20.9. The van der Waals surface area contributed by atoms with Crippen LogP contribution in [0.2, 0.25) is 0 Å². The summed E-state index contributed by atoms with van der Waals surface area (Å²) in [7, 11) is 4.33. The molecule has 0 amide bonds. The highest BCUT2D eigenvalue weighted by Gasteiger charge is 2.71. The minimum atomic E-state index is -0.797. The Labute approximate surface area is 193 Å². The molecule has 2 heterocycles. The second kappa shape index (κ2) is 6.93. The summed E-state index contributed by atoms with van der Waals surface area (Å²) in [5.41, 5.74) is -1.59. The normalized spacial score (nSPS) is 42.4. The zero-order valence-corrected chi connectivity index (χ0v) is 23.8. The Balaban J connectivity index is 2.70. The summed E-state index contributed by atoms with van der Waals surface area (Å²) in [4.78, 5) is 2.33. The molecule has 0 aromatic carbocycles. The fraction of sp³-hybridized carbons (Fsp3) is 1.00. The quantitative estimate of drug-likeness (QED) is 0.501. The van der Waals surface area contributed by atoms with Gasteiger partial charge in [0, 0.05) is 10.8 Å². The lowest BCUT2D eigenvalue weighted by Gasteiger charge is -2.71. The highest BCUT2D eigenvalue weighted by molar-refractivity contribution is 5.17. The molecule has 4 nitrogen and oxygen atoms in total. The lowest BCUT2D eigenvalue weighted by molar-refractivity contribution is -0.443. The van der Waals surface area contributed by atoms with E-state index in [1.807, 2.05) is 0 Å². The van der Waals surface area contributed by atoms with Crippen LogP contribution in [0.25, 0.3) is 0 Å². The highest BCUT2D eigenvalue weighted by Crippen LogP contribution is 2.67. The van der Waals surface area contributed by atoms with Crippen LogP contribution in [0.4, 0.5) is 0 Å². The Kier molecular flexibility index (Phi) is 6.06. The van der Waals surface area contributed by atoms with E-state index < -0.39 is 11.4 Å². The molecule has 0 aromatic rings. The molecule has 4 atom stereocenters. The third kappa shape index (κ3) is 3.21. The molecule has 4 heteroatoms. The van der Waals surface area contributed by atoms with Gasteiger partial charge in [0.05, 0.1) is 22.8 Å². The number of hydrogen-bond acceptors (Lipinski definition) is 4. The first-order chi connectivity index (χ1) is 13.4. The van der Waals surface area contributed by atoms with Gasteiger partial charge in [-0.2, -0.15) is 0 Å². The van der Waals surface area contributed by atoms with Gasteiger partial charge < -0.3 is 19.1 Å². The maximum Gasteiger partial charge on any atom is 0.172 e. The van der Waals surface area contributed by atoms with Gasteiger partial charge in [-0.3, -0.25) is 0 Å². The zero-order valence-electron chi connectivity index (χ0n) is 23.8. The molecule has 2 aliphatic rings. The van der Waals surface area contributed by atoms with Crippen LogP contribution in [0.15, 0.2) is 0 Å². The monoisotopic (exact) mass is 439 g/mol. The minimum Gasteiger partial charge on any atom is -0.369 e. The third-order valence-electron chi connectivity index (χ3n) is 11.4. The molecule has 2 saturated heterocycles. The topological polar surface area (TPSA) is 30.9 Å². The van der Waals surface area contributed by atoms with Gasteiger partial charge in [0.15, 0.2) is 5.79 Å².